The molecule has 3 rings (SSSR count). The number of benzene rings is 1. The molecule has 0 radical (unpaired) electrons. The van der Waals surface area contributed by atoms with Gasteiger partial charge in [-0.25, -0.2) is 4.79 Å². The van der Waals surface area contributed by atoms with Crippen LogP contribution in [0.1, 0.15) is 50.2 Å². The van der Waals surface area contributed by atoms with Crippen molar-refractivity contribution in [3.63, 3.8) is 0 Å². The lowest BCUT2D eigenvalue weighted by atomic mass is 9.87. The lowest BCUT2D eigenvalue weighted by Crippen LogP contribution is -2.34. The molecule has 0 saturated carbocycles. The minimum absolute atomic E-state index is 0.237. The van der Waals surface area contributed by atoms with Crippen molar-refractivity contribution < 1.29 is 23.9 Å². The highest BCUT2D eigenvalue weighted by atomic mass is 32.1. The molecule has 1 heterocycles. The van der Waals surface area contributed by atoms with Gasteiger partial charge in [-0.1, -0.05) is 25.5 Å². The van der Waals surface area contributed by atoms with Crippen LogP contribution >= 0.6 is 11.3 Å². The Balaban J connectivity index is 1.54. The normalized spacial score (nSPS) is 15.4. The number of carbonyl (C=O) groups is 3. The number of aryl methyl sites for hydroxylation is 1. The highest BCUT2D eigenvalue weighted by Gasteiger charge is 2.23. The van der Waals surface area contributed by atoms with E-state index in [-0.39, 0.29) is 5.56 Å². The summed E-state index contributed by atoms with van der Waals surface area (Å²) in [5.41, 5.74) is 1.45. The second kappa shape index (κ2) is 9.01. The number of imide groups is 1. The first-order chi connectivity index (χ1) is 13.5. The number of nitrogens with one attached hydrogen (secondary N) is 1. The maximum absolute atomic E-state index is 12.3. The van der Waals surface area contributed by atoms with E-state index in [9.17, 15) is 14.4 Å². The van der Waals surface area contributed by atoms with Crippen molar-refractivity contribution in [3.8, 4) is 5.75 Å². The molecule has 28 heavy (non-hydrogen) atoms. The summed E-state index contributed by atoms with van der Waals surface area (Å²) in [6.45, 7) is 1.67. The summed E-state index contributed by atoms with van der Waals surface area (Å²) in [6.07, 6.45) is 4.25. The first-order valence-corrected chi connectivity index (χ1v) is 10.1. The zero-order valence-electron chi connectivity index (χ0n) is 15.9. The predicted molar refractivity (Wildman–Crippen MR) is 106 cm³/mol. The van der Waals surface area contributed by atoms with Crippen LogP contribution in [0.15, 0.2) is 30.3 Å². The van der Waals surface area contributed by atoms with Crippen molar-refractivity contribution in [1.29, 1.82) is 0 Å². The Bertz CT molecular complexity index is 889. The third kappa shape index (κ3) is 4.59. The van der Waals surface area contributed by atoms with E-state index in [1.165, 1.54) is 28.9 Å². The number of amides is 2. The minimum atomic E-state index is -0.684. The highest BCUT2D eigenvalue weighted by molar-refractivity contribution is 7.14. The van der Waals surface area contributed by atoms with Crippen molar-refractivity contribution in [2.75, 3.05) is 13.7 Å². The number of esters is 1. The first-order valence-electron chi connectivity index (χ1n) is 9.27. The Morgan fingerprint density at radius 1 is 1.25 bits per heavy atom. The van der Waals surface area contributed by atoms with E-state index in [4.69, 9.17) is 9.47 Å². The van der Waals surface area contributed by atoms with E-state index in [2.05, 4.69) is 12.2 Å². The summed E-state index contributed by atoms with van der Waals surface area (Å²) >= 11 is 1.43. The molecule has 0 aliphatic heterocycles. The molecule has 6 nitrogen and oxygen atoms in total. The summed E-state index contributed by atoms with van der Waals surface area (Å²) in [5, 5.41) is 2.21. The van der Waals surface area contributed by atoms with Crippen LogP contribution in [0.5, 0.6) is 5.75 Å². The van der Waals surface area contributed by atoms with Crippen molar-refractivity contribution >= 4 is 29.1 Å². The molecule has 1 N–H and O–H groups in total. The van der Waals surface area contributed by atoms with E-state index in [1.54, 1.807) is 24.3 Å². The van der Waals surface area contributed by atoms with Gasteiger partial charge in [0.2, 0.25) is 0 Å². The van der Waals surface area contributed by atoms with E-state index in [0.717, 1.165) is 25.7 Å². The average molecular weight is 401 g/mol. The van der Waals surface area contributed by atoms with Gasteiger partial charge in [0, 0.05) is 4.88 Å². The number of hydrogen-bond acceptors (Lipinski definition) is 6. The number of ether oxygens (including phenoxy) is 2. The zero-order chi connectivity index (χ0) is 20.1. The molecule has 1 aromatic carbocycles. The molecule has 1 aliphatic carbocycles. The molecule has 2 amide bonds. The van der Waals surface area contributed by atoms with Gasteiger partial charge in [0.25, 0.3) is 11.8 Å². The van der Waals surface area contributed by atoms with E-state index >= 15 is 0 Å². The van der Waals surface area contributed by atoms with Crippen LogP contribution < -0.4 is 10.1 Å². The lowest BCUT2D eigenvalue weighted by molar-refractivity contribution is -0.123. The summed E-state index contributed by atoms with van der Waals surface area (Å²) in [7, 11) is 1.44. The fourth-order valence-corrected chi connectivity index (χ4v) is 4.41. The maximum Gasteiger partial charge on any atom is 0.348 e. The third-order valence-electron chi connectivity index (χ3n) is 4.90. The second-order valence-electron chi connectivity index (χ2n) is 6.73. The van der Waals surface area contributed by atoms with Gasteiger partial charge >= 0.3 is 5.97 Å². The van der Waals surface area contributed by atoms with Crippen molar-refractivity contribution in [2.45, 2.75) is 32.6 Å². The molecule has 2 aromatic rings. The van der Waals surface area contributed by atoms with Crippen molar-refractivity contribution in [3.05, 3.63) is 51.2 Å². The Kier molecular flexibility index (Phi) is 6.46. The molecular weight excluding hydrogens is 378 g/mol. The van der Waals surface area contributed by atoms with Gasteiger partial charge in [-0.05, 0) is 48.9 Å². The Labute approximate surface area is 167 Å². The fourth-order valence-electron chi connectivity index (χ4n) is 3.31. The SMILES string of the molecule is CC[C@@H]1CCc2sc(C(=O)OCC(=O)NC(=O)c3ccccc3OC)cc2C1. The summed E-state index contributed by atoms with van der Waals surface area (Å²) in [4.78, 5) is 38.2. The van der Waals surface area contributed by atoms with Gasteiger partial charge in [0.1, 0.15) is 10.6 Å². The molecular formula is C21H23NO5S. The van der Waals surface area contributed by atoms with E-state index in [0.29, 0.717) is 16.5 Å². The zero-order valence-corrected chi connectivity index (χ0v) is 16.8. The van der Waals surface area contributed by atoms with Crippen LogP contribution in [0.2, 0.25) is 0 Å². The molecule has 148 valence electrons. The second-order valence-corrected chi connectivity index (χ2v) is 7.87. The van der Waals surface area contributed by atoms with Crippen LogP contribution in [-0.4, -0.2) is 31.5 Å². The molecule has 0 bridgehead atoms. The number of methoxy groups -OCH3 is 1. The Hall–Kier alpha value is -2.67. The largest absolute Gasteiger partial charge is 0.496 e. The maximum atomic E-state index is 12.3. The first kappa shape index (κ1) is 20.1. The van der Waals surface area contributed by atoms with Gasteiger partial charge in [-0.15, -0.1) is 11.3 Å². The van der Waals surface area contributed by atoms with Gasteiger partial charge in [0.15, 0.2) is 6.61 Å². The molecule has 1 atom stereocenters. The van der Waals surface area contributed by atoms with Gasteiger partial charge < -0.3 is 9.47 Å². The number of para-hydroxylation sites is 1. The van der Waals surface area contributed by atoms with Gasteiger partial charge in [-0.2, -0.15) is 0 Å². The Morgan fingerprint density at radius 2 is 2.04 bits per heavy atom. The molecule has 7 heteroatoms. The standard InChI is InChI=1S/C21H23NO5S/c1-3-13-8-9-17-14(10-13)11-18(28-17)21(25)27-12-19(23)22-20(24)15-6-4-5-7-16(15)26-2/h4-7,11,13H,3,8-10,12H2,1-2H3,(H,22,23,24)/t13-/m1/s1. The van der Waals surface area contributed by atoms with Crippen LogP contribution in [0.4, 0.5) is 0 Å². The van der Waals surface area contributed by atoms with E-state index < -0.39 is 24.4 Å². The van der Waals surface area contributed by atoms with Gasteiger partial charge in [0.05, 0.1) is 12.7 Å². The van der Waals surface area contributed by atoms with Crippen LogP contribution in [0.25, 0.3) is 0 Å². The molecule has 0 unspecified atom stereocenters. The molecule has 0 spiro atoms. The van der Waals surface area contributed by atoms with E-state index in [1.807, 2.05) is 6.07 Å². The van der Waals surface area contributed by atoms with Crippen LogP contribution in [0, 0.1) is 5.92 Å². The lowest BCUT2D eigenvalue weighted by Gasteiger charge is -2.19. The van der Waals surface area contributed by atoms with Crippen molar-refractivity contribution in [1.82, 2.24) is 5.32 Å². The summed E-state index contributed by atoms with van der Waals surface area (Å²) < 4.78 is 10.2. The third-order valence-corrected chi connectivity index (χ3v) is 6.12. The monoisotopic (exact) mass is 401 g/mol. The molecule has 1 aliphatic rings. The average Bonchev–Trinajstić information content (AvgIpc) is 3.15. The fraction of sp³-hybridized carbons (Fsp3) is 0.381. The number of thiophene rings is 1. The van der Waals surface area contributed by atoms with Crippen LogP contribution in [-0.2, 0) is 22.4 Å². The highest BCUT2D eigenvalue weighted by Crippen LogP contribution is 2.33. The molecule has 1 aromatic heterocycles. The van der Waals surface area contributed by atoms with Crippen molar-refractivity contribution in [2.24, 2.45) is 5.92 Å². The summed E-state index contributed by atoms with van der Waals surface area (Å²) in [6, 6.07) is 8.45. The molecule has 0 fully saturated rings. The number of fused-ring (bicyclic) bond motifs is 1. The smallest absolute Gasteiger partial charge is 0.348 e. The van der Waals surface area contributed by atoms with Gasteiger partial charge in [-0.3, -0.25) is 14.9 Å². The number of rotatable bonds is 6. The minimum Gasteiger partial charge on any atom is -0.496 e. The quantitative estimate of drug-likeness (QED) is 0.751. The number of carbonyl (C=O) groups excluding carboxylic acids is 3. The molecule has 0 saturated heterocycles. The topological polar surface area (TPSA) is 81.7 Å². The Morgan fingerprint density at radius 3 is 2.79 bits per heavy atom. The predicted octanol–water partition coefficient (Wildman–Crippen LogP) is 3.39. The number of hydrogen-bond donors (Lipinski definition) is 1. The summed E-state index contributed by atoms with van der Waals surface area (Å²) in [5.74, 6) is -0.795. The van der Waals surface area contributed by atoms with Crippen LogP contribution in [0.3, 0.4) is 0 Å².